The lowest BCUT2D eigenvalue weighted by Crippen LogP contribution is -2.62. The molecule has 0 aliphatic carbocycles. The number of hydrogen-bond donors (Lipinski definition) is 2. The zero-order valence-electron chi connectivity index (χ0n) is 16.7. The van der Waals surface area contributed by atoms with Gasteiger partial charge in [-0.05, 0) is 42.8 Å². The Hall–Kier alpha value is -3.24. The second-order valence-electron chi connectivity index (χ2n) is 8.52. The molecule has 32 heavy (non-hydrogen) atoms. The highest BCUT2D eigenvalue weighted by molar-refractivity contribution is 8.16. The van der Waals surface area contributed by atoms with Gasteiger partial charge < -0.3 is 5.32 Å². The summed E-state index contributed by atoms with van der Waals surface area (Å²) >= 11 is 0.881. The van der Waals surface area contributed by atoms with Crippen molar-refractivity contribution in [2.75, 3.05) is 11.9 Å². The number of nitrogens with zero attached hydrogens (tertiary/aromatic N) is 2. The van der Waals surface area contributed by atoms with Crippen LogP contribution < -0.4 is 10.6 Å². The Morgan fingerprint density at radius 3 is 2.47 bits per heavy atom. The molecule has 2 aromatic carbocycles. The van der Waals surface area contributed by atoms with Gasteiger partial charge in [-0.25, -0.2) is 0 Å². The first-order valence-electron chi connectivity index (χ1n) is 10.4. The second kappa shape index (κ2) is 6.39. The van der Waals surface area contributed by atoms with Crippen molar-refractivity contribution in [1.29, 1.82) is 0 Å². The summed E-state index contributed by atoms with van der Waals surface area (Å²) in [6, 6.07) is 13.3. The molecule has 4 atom stereocenters. The minimum atomic E-state index is -1.43. The number of carbonyl (C=O) groups is 3. The molecule has 2 aromatic rings. The average molecular weight is 450 g/mol. The fourth-order valence-electron chi connectivity index (χ4n) is 6.27. The van der Waals surface area contributed by atoms with Crippen molar-refractivity contribution in [3.05, 3.63) is 69.8 Å². The van der Waals surface area contributed by atoms with E-state index in [0.29, 0.717) is 23.4 Å². The molecule has 9 nitrogen and oxygen atoms in total. The van der Waals surface area contributed by atoms with Crippen molar-refractivity contribution in [1.82, 2.24) is 10.2 Å². The molecule has 4 aliphatic rings. The maximum atomic E-state index is 13.8. The van der Waals surface area contributed by atoms with E-state index in [4.69, 9.17) is 0 Å². The Morgan fingerprint density at radius 2 is 1.78 bits per heavy atom. The molecule has 0 unspecified atom stereocenters. The van der Waals surface area contributed by atoms with Crippen molar-refractivity contribution in [2.24, 2.45) is 0 Å². The minimum Gasteiger partial charge on any atom is -0.324 e. The van der Waals surface area contributed by atoms with E-state index in [0.717, 1.165) is 24.6 Å². The molecular formula is C22H18N4O5S. The van der Waals surface area contributed by atoms with E-state index < -0.39 is 32.3 Å². The highest BCUT2D eigenvalue weighted by Gasteiger charge is 2.80. The molecule has 10 heteroatoms. The van der Waals surface area contributed by atoms with Crippen LogP contribution in [0.1, 0.15) is 29.9 Å². The van der Waals surface area contributed by atoms with Gasteiger partial charge in [0.05, 0.1) is 4.92 Å². The van der Waals surface area contributed by atoms with Crippen molar-refractivity contribution < 1.29 is 19.3 Å². The molecule has 6 rings (SSSR count). The number of nitro benzene ring substituents is 1. The largest absolute Gasteiger partial charge is 0.324 e. The van der Waals surface area contributed by atoms with Crippen LogP contribution >= 0.6 is 11.8 Å². The number of thioether (sulfide) groups is 1. The predicted octanol–water partition coefficient (Wildman–Crippen LogP) is 2.73. The summed E-state index contributed by atoms with van der Waals surface area (Å²) in [5.41, 5.74) is 0.637. The van der Waals surface area contributed by atoms with Crippen LogP contribution in [0, 0.1) is 10.1 Å². The quantitative estimate of drug-likeness (QED) is 0.533. The fourth-order valence-corrected chi connectivity index (χ4v) is 7.74. The van der Waals surface area contributed by atoms with Crippen LogP contribution in [0.25, 0.3) is 0 Å². The molecule has 3 amide bonds. The van der Waals surface area contributed by atoms with Gasteiger partial charge in [0, 0.05) is 35.3 Å². The number of carbonyl (C=O) groups excluding carboxylic acids is 3. The summed E-state index contributed by atoms with van der Waals surface area (Å²) < 4.78 is -1.43. The third kappa shape index (κ3) is 2.11. The first kappa shape index (κ1) is 19.4. The molecular weight excluding hydrogens is 432 g/mol. The molecule has 0 aromatic heterocycles. The van der Waals surface area contributed by atoms with E-state index in [-0.39, 0.29) is 17.6 Å². The lowest BCUT2D eigenvalue weighted by atomic mass is 9.70. The average Bonchev–Trinajstić information content (AvgIpc) is 3.48. The maximum Gasteiger partial charge on any atom is 0.286 e. The summed E-state index contributed by atoms with van der Waals surface area (Å²) in [5, 5.41) is 16.1. The predicted molar refractivity (Wildman–Crippen MR) is 116 cm³/mol. The highest BCUT2D eigenvalue weighted by Crippen LogP contribution is 2.68. The van der Waals surface area contributed by atoms with Gasteiger partial charge in [-0.3, -0.25) is 34.7 Å². The highest BCUT2D eigenvalue weighted by atomic mass is 32.2. The van der Waals surface area contributed by atoms with Crippen LogP contribution in [0.15, 0.2) is 48.5 Å². The van der Waals surface area contributed by atoms with Crippen LogP contribution in [-0.4, -0.2) is 44.2 Å². The van der Waals surface area contributed by atoms with E-state index in [1.54, 1.807) is 18.2 Å². The minimum absolute atomic E-state index is 0.0534. The number of non-ortho nitro benzene ring substituents is 1. The number of nitro groups is 1. The summed E-state index contributed by atoms with van der Waals surface area (Å²) in [6.45, 7) is 0.611. The van der Waals surface area contributed by atoms with E-state index in [1.807, 2.05) is 18.2 Å². The Bertz CT molecular complexity index is 1220. The topological polar surface area (TPSA) is 122 Å². The number of amides is 3. The monoisotopic (exact) mass is 450 g/mol. The normalized spacial score (nSPS) is 32.9. The molecule has 0 bridgehead atoms. The first-order valence-corrected chi connectivity index (χ1v) is 11.2. The van der Waals surface area contributed by atoms with Gasteiger partial charge in [0.2, 0.25) is 5.91 Å². The van der Waals surface area contributed by atoms with Crippen LogP contribution in [0.4, 0.5) is 16.2 Å². The van der Waals surface area contributed by atoms with E-state index in [9.17, 15) is 24.5 Å². The van der Waals surface area contributed by atoms with Gasteiger partial charge in [-0.15, -0.1) is 0 Å². The molecule has 0 radical (unpaired) electrons. The Labute approximate surface area is 186 Å². The van der Waals surface area contributed by atoms with Gasteiger partial charge >= 0.3 is 0 Å². The molecule has 2 N–H and O–H groups in total. The molecule has 162 valence electrons. The number of imide groups is 1. The van der Waals surface area contributed by atoms with Gasteiger partial charge in [0.1, 0.15) is 4.75 Å². The molecule has 3 saturated heterocycles. The molecule has 4 aliphatic heterocycles. The molecule has 2 spiro atoms. The molecule has 3 fully saturated rings. The maximum absolute atomic E-state index is 13.8. The number of fused-ring (bicyclic) bond motifs is 5. The van der Waals surface area contributed by atoms with E-state index >= 15 is 0 Å². The summed E-state index contributed by atoms with van der Waals surface area (Å²) in [6.07, 6.45) is 1.60. The Morgan fingerprint density at radius 1 is 1.03 bits per heavy atom. The van der Waals surface area contributed by atoms with Gasteiger partial charge in [0.15, 0.2) is 5.54 Å². The van der Waals surface area contributed by atoms with Gasteiger partial charge in [0.25, 0.3) is 16.8 Å². The van der Waals surface area contributed by atoms with Crippen LogP contribution in [0.2, 0.25) is 0 Å². The third-order valence-corrected chi connectivity index (χ3v) is 8.60. The zero-order chi connectivity index (χ0) is 22.3. The van der Waals surface area contributed by atoms with Gasteiger partial charge in [-0.1, -0.05) is 30.3 Å². The lowest BCUT2D eigenvalue weighted by Gasteiger charge is -2.41. The number of nitrogens with one attached hydrogen (secondary N) is 2. The van der Waals surface area contributed by atoms with Crippen molar-refractivity contribution in [3.8, 4) is 0 Å². The number of benzene rings is 2. The second-order valence-corrected chi connectivity index (χ2v) is 9.74. The lowest BCUT2D eigenvalue weighted by molar-refractivity contribution is -0.384. The zero-order valence-corrected chi connectivity index (χ0v) is 17.6. The fraction of sp³-hybridized carbons (Fsp3) is 0.318. The number of para-hydroxylation sites is 1. The van der Waals surface area contributed by atoms with E-state index in [1.165, 1.54) is 12.1 Å². The van der Waals surface area contributed by atoms with Crippen LogP contribution in [0.5, 0.6) is 0 Å². The SMILES string of the molecule is O=C1NC(=O)[C@@]2(S1)[C@H](c1ccc([N+](=O)[O-])cc1)[C@H]1CCCN1[C@]21C(=O)Nc2ccccc21. The standard InChI is InChI=1S/C22H18N4O5S/c27-18-21(14-4-1-2-5-15(14)23-18)22(19(28)24-20(29)32-22)17(16-6-3-11-25(16)21)12-7-9-13(10-8-12)26(30)31/h1-2,4-5,7-10,16-17H,3,6,11H2,(H,23,27)(H,24,28,29)/t16-,17-,21-,22+/m1/s1. The summed E-state index contributed by atoms with van der Waals surface area (Å²) in [5.74, 6) is -1.30. The van der Waals surface area contributed by atoms with E-state index in [2.05, 4.69) is 15.5 Å². The van der Waals surface area contributed by atoms with Crippen LogP contribution in [-0.2, 0) is 15.1 Å². The van der Waals surface area contributed by atoms with Crippen molar-refractivity contribution in [3.63, 3.8) is 0 Å². The Balaban J connectivity index is 1.65. The number of hydrogen-bond acceptors (Lipinski definition) is 7. The molecule has 4 heterocycles. The van der Waals surface area contributed by atoms with Crippen molar-refractivity contribution >= 4 is 40.2 Å². The first-order chi connectivity index (χ1) is 15.4. The molecule has 0 saturated carbocycles. The van der Waals surface area contributed by atoms with Gasteiger partial charge in [-0.2, -0.15) is 0 Å². The number of anilines is 1. The summed E-state index contributed by atoms with van der Waals surface area (Å²) in [7, 11) is 0. The Kier molecular flexibility index (Phi) is 3.89. The van der Waals surface area contributed by atoms with Crippen molar-refractivity contribution in [2.45, 2.75) is 35.1 Å². The summed E-state index contributed by atoms with van der Waals surface area (Å²) in [4.78, 5) is 52.8. The smallest absolute Gasteiger partial charge is 0.286 e. The number of rotatable bonds is 2. The van der Waals surface area contributed by atoms with Crippen LogP contribution in [0.3, 0.4) is 0 Å². The third-order valence-electron chi connectivity index (χ3n) is 7.25.